The van der Waals surface area contributed by atoms with Gasteiger partial charge in [0.2, 0.25) is 5.91 Å². The van der Waals surface area contributed by atoms with Crippen LogP contribution in [0.3, 0.4) is 0 Å². The number of rotatable bonds is 6. The van der Waals surface area contributed by atoms with E-state index in [1.54, 1.807) is 6.26 Å². The zero-order chi connectivity index (χ0) is 12.1. The van der Waals surface area contributed by atoms with Crippen LogP contribution >= 0.6 is 23.7 Å². The predicted molar refractivity (Wildman–Crippen MR) is 67.4 cm³/mol. The van der Waals surface area contributed by atoms with Crippen molar-refractivity contribution in [2.24, 2.45) is 5.73 Å². The number of nitrogens with zero attached hydrogens (tertiary/aromatic N) is 1. The predicted octanol–water partition coefficient (Wildman–Crippen LogP) is 0.841. The van der Waals surface area contributed by atoms with Crippen LogP contribution in [0.1, 0.15) is 19.3 Å². The van der Waals surface area contributed by atoms with Crippen molar-refractivity contribution < 1.29 is 9.59 Å². The number of carbonyl (C=O) groups excluding carboxylic acids is 2. The van der Waals surface area contributed by atoms with E-state index in [2.05, 4.69) is 0 Å². The smallest absolute Gasteiger partial charge is 0.252 e. The lowest BCUT2D eigenvalue weighted by molar-refractivity contribution is -0.131. The first-order chi connectivity index (χ1) is 7.56. The van der Waals surface area contributed by atoms with Crippen LogP contribution in [0.4, 0.5) is 0 Å². The fraction of sp³-hybridized carbons (Fsp3) is 0.667. The lowest BCUT2D eigenvalue weighted by Gasteiger charge is -2.10. The molecule has 90 valence electrons. The number of carbonyl (C=O) groups is 2. The number of amidine groups is 1. The first-order valence-electron chi connectivity index (χ1n) is 4.91. The third-order valence-electron chi connectivity index (χ3n) is 2.15. The van der Waals surface area contributed by atoms with Gasteiger partial charge in [0.25, 0.3) is 5.91 Å². The molecule has 2 amide bonds. The van der Waals surface area contributed by atoms with Crippen molar-refractivity contribution in [1.82, 2.24) is 4.31 Å². The molecule has 0 aromatic heterocycles. The Kier molecular flexibility index (Phi) is 5.14. The van der Waals surface area contributed by atoms with Gasteiger partial charge in [-0.05, 0) is 24.1 Å². The molecule has 0 bridgehead atoms. The van der Waals surface area contributed by atoms with Crippen molar-refractivity contribution in [3.05, 3.63) is 0 Å². The summed E-state index contributed by atoms with van der Waals surface area (Å²) in [5.41, 5.74) is 5.22. The van der Waals surface area contributed by atoms with E-state index in [4.69, 9.17) is 11.1 Å². The minimum absolute atomic E-state index is 0.106. The fourth-order valence-corrected chi connectivity index (χ4v) is 3.15. The summed E-state index contributed by atoms with van der Waals surface area (Å²) in [6.45, 7) is 0. The van der Waals surface area contributed by atoms with Gasteiger partial charge in [-0.15, -0.1) is 11.8 Å². The molecule has 0 radical (unpaired) electrons. The van der Waals surface area contributed by atoms with Gasteiger partial charge in [-0.25, -0.2) is 4.31 Å². The van der Waals surface area contributed by atoms with E-state index in [0.717, 1.165) is 24.1 Å². The largest absolute Gasteiger partial charge is 0.388 e. The molecule has 1 fully saturated rings. The maximum Gasteiger partial charge on any atom is 0.252 e. The maximum atomic E-state index is 11.7. The molecule has 1 saturated heterocycles. The zero-order valence-electron chi connectivity index (χ0n) is 9.06. The molecule has 0 aromatic carbocycles. The van der Waals surface area contributed by atoms with Crippen LogP contribution in [0.5, 0.6) is 0 Å². The Morgan fingerprint density at radius 3 is 2.81 bits per heavy atom. The van der Waals surface area contributed by atoms with Crippen molar-refractivity contribution in [3.63, 3.8) is 0 Å². The van der Waals surface area contributed by atoms with Gasteiger partial charge in [0.1, 0.15) is 0 Å². The highest BCUT2D eigenvalue weighted by Crippen LogP contribution is 2.29. The van der Waals surface area contributed by atoms with Gasteiger partial charge in [0.15, 0.2) is 0 Å². The summed E-state index contributed by atoms with van der Waals surface area (Å²) in [6.07, 6.45) is 3.34. The number of nitrogens with one attached hydrogen (secondary N) is 1. The molecule has 0 aliphatic carbocycles. The summed E-state index contributed by atoms with van der Waals surface area (Å²) < 4.78 is 1.22. The van der Waals surface area contributed by atoms with Crippen molar-refractivity contribution >= 4 is 41.4 Å². The lowest BCUT2D eigenvalue weighted by Crippen LogP contribution is -2.24. The topological polar surface area (TPSA) is 87.2 Å². The quantitative estimate of drug-likeness (QED) is 0.243. The Morgan fingerprint density at radius 2 is 2.31 bits per heavy atom. The van der Waals surface area contributed by atoms with Crippen molar-refractivity contribution in [3.8, 4) is 0 Å². The average molecular weight is 261 g/mol. The van der Waals surface area contributed by atoms with Crippen LogP contribution in [-0.4, -0.2) is 39.2 Å². The number of hydrogen-bond acceptors (Lipinski definition) is 5. The molecular weight excluding hydrogens is 246 g/mol. The van der Waals surface area contributed by atoms with Crippen LogP contribution in [0, 0.1) is 5.41 Å². The molecule has 0 saturated carbocycles. The molecule has 1 aliphatic heterocycles. The van der Waals surface area contributed by atoms with E-state index in [0.29, 0.717) is 12.8 Å². The number of thioether (sulfide) groups is 1. The summed E-state index contributed by atoms with van der Waals surface area (Å²) >= 11 is 2.64. The third-order valence-corrected chi connectivity index (χ3v) is 4.20. The third kappa shape index (κ3) is 3.41. The highest BCUT2D eigenvalue weighted by Gasteiger charge is 2.38. The highest BCUT2D eigenvalue weighted by molar-refractivity contribution is 8.01. The Balaban J connectivity index is 2.31. The van der Waals surface area contributed by atoms with Crippen molar-refractivity contribution in [2.45, 2.75) is 24.5 Å². The van der Waals surface area contributed by atoms with Gasteiger partial charge < -0.3 is 5.73 Å². The number of amides is 2. The second-order valence-electron chi connectivity index (χ2n) is 3.40. The minimum atomic E-state index is -0.244. The van der Waals surface area contributed by atoms with E-state index in [1.807, 2.05) is 0 Å². The molecule has 1 aliphatic rings. The average Bonchev–Trinajstić information content (AvgIpc) is 2.48. The number of imide groups is 1. The molecule has 1 rings (SSSR count). The van der Waals surface area contributed by atoms with E-state index in [-0.39, 0.29) is 22.9 Å². The molecule has 0 aromatic rings. The van der Waals surface area contributed by atoms with Gasteiger partial charge in [0, 0.05) is 19.1 Å². The van der Waals surface area contributed by atoms with Crippen LogP contribution in [0.25, 0.3) is 0 Å². The molecule has 1 unspecified atom stereocenters. The van der Waals surface area contributed by atoms with Crippen LogP contribution < -0.4 is 5.73 Å². The van der Waals surface area contributed by atoms with Crippen molar-refractivity contribution in [2.75, 3.05) is 12.0 Å². The van der Waals surface area contributed by atoms with E-state index >= 15 is 0 Å². The van der Waals surface area contributed by atoms with Gasteiger partial charge in [-0.2, -0.15) is 0 Å². The lowest BCUT2D eigenvalue weighted by atomic mass is 10.3. The summed E-state index contributed by atoms with van der Waals surface area (Å²) in [5, 5.41) is 6.81. The summed E-state index contributed by atoms with van der Waals surface area (Å²) in [4.78, 5) is 23.1. The molecular formula is C9H15N3O2S2. The Labute approximate surface area is 103 Å². The Bertz CT molecular complexity index is 309. The summed E-state index contributed by atoms with van der Waals surface area (Å²) in [7, 11) is 0. The van der Waals surface area contributed by atoms with Crippen LogP contribution in [0.2, 0.25) is 0 Å². The fourth-order valence-electron chi connectivity index (χ4n) is 1.39. The monoisotopic (exact) mass is 261 g/mol. The summed E-state index contributed by atoms with van der Waals surface area (Å²) in [5.74, 6) is 0.706. The molecule has 1 atom stereocenters. The second-order valence-corrected chi connectivity index (χ2v) is 5.44. The zero-order valence-corrected chi connectivity index (χ0v) is 10.7. The first-order valence-corrected chi connectivity index (χ1v) is 7.14. The van der Waals surface area contributed by atoms with Gasteiger partial charge in [-0.3, -0.25) is 15.0 Å². The van der Waals surface area contributed by atoms with E-state index in [1.165, 1.54) is 16.1 Å². The van der Waals surface area contributed by atoms with E-state index in [9.17, 15) is 9.59 Å². The standard InChI is InChI=1S/C9H15N3O2S2/c1-15-12-8(13)5-6(9(12)14)16-4-2-3-7(10)11/h6H,2-5H2,1H3,(H3,10,11). The molecule has 5 nitrogen and oxygen atoms in total. The van der Waals surface area contributed by atoms with Gasteiger partial charge in [-0.1, -0.05) is 0 Å². The molecule has 7 heteroatoms. The second kappa shape index (κ2) is 6.15. The molecule has 0 spiro atoms. The van der Waals surface area contributed by atoms with E-state index < -0.39 is 0 Å². The molecule has 3 N–H and O–H groups in total. The Hall–Kier alpha value is -0.690. The Morgan fingerprint density at radius 1 is 1.62 bits per heavy atom. The minimum Gasteiger partial charge on any atom is -0.388 e. The number of nitrogens with two attached hydrogens (primary N) is 1. The molecule has 1 heterocycles. The normalized spacial score (nSPS) is 20.6. The van der Waals surface area contributed by atoms with Gasteiger partial charge >= 0.3 is 0 Å². The molecule has 16 heavy (non-hydrogen) atoms. The maximum absolute atomic E-state index is 11.7. The van der Waals surface area contributed by atoms with Crippen LogP contribution in [-0.2, 0) is 9.59 Å². The van der Waals surface area contributed by atoms with Crippen LogP contribution in [0.15, 0.2) is 0 Å². The summed E-state index contributed by atoms with van der Waals surface area (Å²) in [6, 6.07) is 0. The van der Waals surface area contributed by atoms with Crippen molar-refractivity contribution in [1.29, 1.82) is 5.41 Å². The first kappa shape index (κ1) is 13.4. The number of hydrogen-bond donors (Lipinski definition) is 2. The highest BCUT2D eigenvalue weighted by atomic mass is 32.2. The SMILES string of the molecule is CSN1C(=O)CC(SCCCC(=N)N)C1=O. The van der Waals surface area contributed by atoms with Gasteiger partial charge in [0.05, 0.1) is 11.1 Å².